The molecule has 1 atom stereocenters. The van der Waals surface area contributed by atoms with Crippen LogP contribution in [-0.2, 0) is 23.9 Å². The second kappa shape index (κ2) is 19.0. The van der Waals surface area contributed by atoms with E-state index >= 15 is 0 Å². The van der Waals surface area contributed by atoms with Crippen molar-refractivity contribution in [1.29, 1.82) is 0 Å². The predicted molar refractivity (Wildman–Crippen MR) is 192 cm³/mol. The summed E-state index contributed by atoms with van der Waals surface area (Å²) in [6.07, 6.45) is 0.529. The highest BCUT2D eigenvalue weighted by atomic mass is 35.5. The van der Waals surface area contributed by atoms with E-state index in [2.05, 4.69) is 15.8 Å². The molecule has 0 spiro atoms. The smallest absolute Gasteiger partial charge is 0.408 e. The molecule has 0 radical (unpaired) electrons. The molecular formula is C34H42Cl4N4O7. The lowest BCUT2D eigenvalue weighted by Gasteiger charge is -2.26. The minimum absolute atomic E-state index is 0.00555. The molecule has 2 N–H and O–H groups in total. The van der Waals surface area contributed by atoms with Crippen LogP contribution in [0.25, 0.3) is 11.3 Å². The van der Waals surface area contributed by atoms with Gasteiger partial charge in [0.25, 0.3) is 5.91 Å². The van der Waals surface area contributed by atoms with Crippen molar-refractivity contribution in [2.45, 2.75) is 83.4 Å². The van der Waals surface area contributed by atoms with Crippen molar-refractivity contribution in [2.75, 3.05) is 18.0 Å². The summed E-state index contributed by atoms with van der Waals surface area (Å²) in [5.41, 5.74) is 0.587. The van der Waals surface area contributed by atoms with Crippen LogP contribution in [0.4, 0.5) is 10.5 Å². The molecule has 268 valence electrons. The Bertz CT molecular complexity index is 1530. The number of nitrogens with one attached hydrogen (secondary N) is 2. The van der Waals surface area contributed by atoms with Gasteiger partial charge in [0.1, 0.15) is 17.2 Å². The Hall–Kier alpha value is -3.51. The minimum Gasteiger partial charge on any atom is -0.460 e. The average molecular weight is 761 g/mol. The van der Waals surface area contributed by atoms with Crippen LogP contribution in [0, 0.1) is 6.92 Å². The lowest BCUT2D eigenvalue weighted by molar-refractivity contribution is -0.155. The SMILES string of the molecule is CC(C)(C)OC(=O)CCC(NC(=O)OC(C)(C)C)C(=O)NCCN(C(=O)C(Cl)Cl)c1cccc(-c2ccno2)c1.Cc1c(Cl)cccc1Cl. The van der Waals surface area contributed by atoms with Crippen molar-refractivity contribution in [1.82, 2.24) is 15.8 Å². The third-order valence-corrected chi connectivity index (χ3v) is 7.43. The van der Waals surface area contributed by atoms with Crippen LogP contribution >= 0.6 is 46.4 Å². The number of hydrogen-bond acceptors (Lipinski definition) is 8. The van der Waals surface area contributed by atoms with Gasteiger partial charge < -0.3 is 29.5 Å². The molecule has 3 rings (SSSR count). The molecule has 0 aliphatic rings. The predicted octanol–water partition coefficient (Wildman–Crippen LogP) is 7.91. The van der Waals surface area contributed by atoms with E-state index in [4.69, 9.17) is 60.4 Å². The first-order valence-corrected chi connectivity index (χ1v) is 16.9. The third kappa shape index (κ3) is 15.3. The highest BCUT2D eigenvalue weighted by Gasteiger charge is 2.27. The number of alkyl carbamates (subject to hydrolysis) is 1. The fourth-order valence-corrected chi connectivity index (χ4v) is 4.68. The number of nitrogens with zero attached hydrogens (tertiary/aromatic N) is 2. The number of carbonyl (C=O) groups excluding carboxylic acids is 4. The summed E-state index contributed by atoms with van der Waals surface area (Å²) in [6.45, 7) is 12.1. The Morgan fingerprint density at radius 1 is 0.918 bits per heavy atom. The molecule has 0 saturated carbocycles. The first-order chi connectivity index (χ1) is 22.8. The molecule has 0 fully saturated rings. The zero-order valence-electron chi connectivity index (χ0n) is 28.4. The van der Waals surface area contributed by atoms with Crippen molar-refractivity contribution >= 4 is 76.0 Å². The number of rotatable bonds is 11. The van der Waals surface area contributed by atoms with E-state index < -0.39 is 46.0 Å². The Morgan fingerprint density at radius 3 is 2.06 bits per heavy atom. The number of esters is 1. The second-order valence-electron chi connectivity index (χ2n) is 12.7. The van der Waals surface area contributed by atoms with Gasteiger partial charge in [0.05, 0.1) is 6.20 Å². The molecule has 0 bridgehead atoms. The monoisotopic (exact) mass is 758 g/mol. The second-order valence-corrected chi connectivity index (χ2v) is 14.6. The van der Waals surface area contributed by atoms with E-state index in [1.165, 1.54) is 11.1 Å². The molecule has 0 aliphatic heterocycles. The number of hydrogen-bond donors (Lipinski definition) is 2. The summed E-state index contributed by atoms with van der Waals surface area (Å²) >= 11 is 23.2. The van der Waals surface area contributed by atoms with Crippen molar-refractivity contribution in [3.63, 3.8) is 0 Å². The third-order valence-electron chi connectivity index (χ3n) is 6.23. The van der Waals surface area contributed by atoms with E-state index in [0.29, 0.717) is 17.0 Å². The largest absolute Gasteiger partial charge is 0.460 e. The number of halogens is 4. The molecule has 1 unspecified atom stereocenters. The normalized spacial score (nSPS) is 11.9. The van der Waals surface area contributed by atoms with Gasteiger partial charge in [-0.1, -0.05) is 69.8 Å². The Kier molecular flexibility index (Phi) is 16.2. The summed E-state index contributed by atoms with van der Waals surface area (Å²) in [4.78, 5) is 50.5. The number of alkyl halides is 2. The molecule has 15 heteroatoms. The fraction of sp³-hybridized carbons (Fsp3) is 0.441. The lowest BCUT2D eigenvalue weighted by Crippen LogP contribution is -2.50. The van der Waals surface area contributed by atoms with E-state index in [1.54, 1.807) is 71.9 Å². The number of aromatic nitrogens is 1. The molecular weight excluding hydrogens is 718 g/mol. The molecule has 11 nitrogen and oxygen atoms in total. The van der Waals surface area contributed by atoms with Gasteiger partial charge >= 0.3 is 12.1 Å². The van der Waals surface area contributed by atoms with Gasteiger partial charge in [-0.25, -0.2) is 4.79 Å². The standard InChI is InChI=1S/C27H36Cl2N4O7.C7H6Cl2/c1-26(2,3)38-21(34)11-10-19(32-25(37)39-27(4,5)6)23(35)30-14-15-33(24(36)22(28)29)18-9-7-8-17(16-18)20-12-13-31-40-20;1-5-6(8)3-2-4-7(5)9/h7-9,12-13,16,19,22H,10-11,14-15H2,1-6H3,(H,30,35)(H,32,37);2-4H,1H3. The fourth-order valence-electron chi connectivity index (χ4n) is 4.04. The summed E-state index contributed by atoms with van der Waals surface area (Å²) in [5.74, 6) is -1.20. The molecule has 3 aromatic rings. The highest BCUT2D eigenvalue weighted by Crippen LogP contribution is 2.26. The van der Waals surface area contributed by atoms with Crippen LogP contribution in [0.3, 0.4) is 0 Å². The molecule has 0 aliphatic carbocycles. The Morgan fingerprint density at radius 2 is 1.53 bits per heavy atom. The zero-order valence-corrected chi connectivity index (χ0v) is 31.5. The van der Waals surface area contributed by atoms with Crippen LogP contribution in [0.5, 0.6) is 0 Å². The molecule has 2 aromatic carbocycles. The van der Waals surface area contributed by atoms with E-state index in [0.717, 1.165) is 15.6 Å². The van der Waals surface area contributed by atoms with E-state index in [9.17, 15) is 19.2 Å². The minimum atomic E-state index is -1.35. The van der Waals surface area contributed by atoms with Crippen molar-refractivity contribution in [3.8, 4) is 11.3 Å². The number of amides is 3. The molecule has 49 heavy (non-hydrogen) atoms. The summed E-state index contributed by atoms with van der Waals surface area (Å²) in [5, 5.41) is 10.3. The number of ether oxygens (including phenoxy) is 2. The van der Waals surface area contributed by atoms with Crippen LogP contribution in [0.2, 0.25) is 10.0 Å². The summed E-state index contributed by atoms with van der Waals surface area (Å²) in [7, 11) is 0. The van der Waals surface area contributed by atoms with Crippen LogP contribution in [0.15, 0.2) is 59.3 Å². The molecule has 3 amide bonds. The van der Waals surface area contributed by atoms with Crippen molar-refractivity contribution < 1.29 is 33.2 Å². The first kappa shape index (κ1) is 41.7. The van der Waals surface area contributed by atoms with Crippen molar-refractivity contribution in [2.24, 2.45) is 0 Å². The molecule has 1 heterocycles. The van der Waals surface area contributed by atoms with Gasteiger partial charge in [-0.05, 0) is 84.7 Å². The lowest BCUT2D eigenvalue weighted by atomic mass is 10.1. The maximum atomic E-state index is 13.1. The first-order valence-electron chi connectivity index (χ1n) is 15.3. The van der Waals surface area contributed by atoms with Crippen LogP contribution < -0.4 is 15.5 Å². The van der Waals surface area contributed by atoms with Crippen molar-refractivity contribution in [3.05, 3.63) is 70.3 Å². The number of benzene rings is 2. The number of anilines is 1. The van der Waals surface area contributed by atoms with Gasteiger partial charge in [0.15, 0.2) is 10.6 Å². The van der Waals surface area contributed by atoms with E-state index in [-0.39, 0.29) is 25.9 Å². The molecule has 0 saturated heterocycles. The highest BCUT2D eigenvalue weighted by molar-refractivity contribution is 6.54. The maximum absolute atomic E-state index is 13.1. The Labute approximate surface area is 306 Å². The number of carbonyl (C=O) groups is 4. The molecule has 1 aromatic heterocycles. The Balaban J connectivity index is 0.000000797. The van der Waals surface area contributed by atoms with Gasteiger partial charge in [-0.15, -0.1) is 0 Å². The van der Waals surface area contributed by atoms with Gasteiger partial charge in [-0.3, -0.25) is 14.4 Å². The maximum Gasteiger partial charge on any atom is 0.408 e. The van der Waals surface area contributed by atoms with Crippen LogP contribution in [0.1, 0.15) is 59.9 Å². The van der Waals surface area contributed by atoms with E-state index in [1.807, 2.05) is 25.1 Å². The zero-order chi connectivity index (χ0) is 36.9. The summed E-state index contributed by atoms with van der Waals surface area (Å²) in [6, 6.07) is 12.9. The topological polar surface area (TPSA) is 140 Å². The van der Waals surface area contributed by atoms with Gasteiger partial charge in [0.2, 0.25) is 5.91 Å². The van der Waals surface area contributed by atoms with Gasteiger partial charge in [-0.2, -0.15) is 0 Å². The van der Waals surface area contributed by atoms with Gasteiger partial charge in [0, 0.05) is 46.9 Å². The summed E-state index contributed by atoms with van der Waals surface area (Å²) < 4.78 is 15.8. The van der Waals surface area contributed by atoms with Crippen LogP contribution in [-0.4, -0.2) is 64.2 Å². The average Bonchev–Trinajstić information content (AvgIpc) is 3.54. The quantitative estimate of drug-likeness (QED) is 0.149.